The van der Waals surface area contributed by atoms with Crippen LogP contribution < -0.4 is 0 Å². The molecule has 0 N–H and O–H groups in total. The molecule has 4 heterocycles. The highest BCUT2D eigenvalue weighted by Gasteiger charge is 2.21. The summed E-state index contributed by atoms with van der Waals surface area (Å²) in [5, 5.41) is 8.34. The van der Waals surface area contributed by atoms with E-state index >= 15 is 0 Å². The Labute approximate surface area is 186 Å². The van der Waals surface area contributed by atoms with E-state index < -0.39 is 0 Å². The van der Waals surface area contributed by atoms with Crippen LogP contribution in [0.25, 0.3) is 28.6 Å². The minimum Gasteiger partial charge on any atom is -0.415 e. The molecule has 0 atom stereocenters. The number of benzene rings is 1. The third-order valence-electron chi connectivity index (χ3n) is 5.34. The van der Waals surface area contributed by atoms with Crippen molar-refractivity contribution in [2.75, 3.05) is 13.1 Å². The molecule has 0 aliphatic carbocycles. The molecule has 1 aliphatic heterocycles. The van der Waals surface area contributed by atoms with Crippen LogP contribution in [0, 0.1) is 6.92 Å². The molecule has 1 aliphatic rings. The van der Waals surface area contributed by atoms with Crippen molar-refractivity contribution in [1.82, 2.24) is 30.0 Å². The molecule has 5 rings (SSSR count). The van der Waals surface area contributed by atoms with Crippen LogP contribution >= 0.6 is 0 Å². The Morgan fingerprint density at radius 1 is 1.06 bits per heavy atom. The Morgan fingerprint density at radius 2 is 1.91 bits per heavy atom. The zero-order chi connectivity index (χ0) is 21.9. The molecule has 0 unspecified atom stereocenters. The normalized spacial score (nSPS) is 13.7. The molecule has 4 aromatic rings. The molecule has 0 saturated carbocycles. The van der Waals surface area contributed by atoms with E-state index in [0.29, 0.717) is 48.2 Å². The van der Waals surface area contributed by atoms with Crippen molar-refractivity contribution in [3.63, 3.8) is 0 Å². The number of nitrogens with zero attached hydrogens (tertiary/aromatic N) is 6. The van der Waals surface area contributed by atoms with Crippen molar-refractivity contribution in [3.05, 3.63) is 84.1 Å². The lowest BCUT2D eigenvalue weighted by molar-refractivity contribution is 0.0772. The number of amides is 1. The number of aryl methyl sites for hydroxylation is 1. The lowest BCUT2D eigenvalue weighted by Gasteiger charge is -2.26. The van der Waals surface area contributed by atoms with Gasteiger partial charge in [-0.25, -0.2) is 4.98 Å². The smallest absolute Gasteiger partial charge is 0.268 e. The highest BCUT2D eigenvalue weighted by molar-refractivity contribution is 5.94. The molecule has 32 heavy (non-hydrogen) atoms. The fourth-order valence-electron chi connectivity index (χ4n) is 3.58. The van der Waals surface area contributed by atoms with Gasteiger partial charge < -0.3 is 9.32 Å². The molecule has 1 amide bonds. The summed E-state index contributed by atoms with van der Waals surface area (Å²) >= 11 is 0. The van der Waals surface area contributed by atoms with Crippen LogP contribution in [0.2, 0.25) is 0 Å². The molecular weight excluding hydrogens is 404 g/mol. The van der Waals surface area contributed by atoms with E-state index in [1.165, 1.54) is 0 Å². The maximum atomic E-state index is 12.6. The minimum absolute atomic E-state index is 0. The fourth-order valence-corrected chi connectivity index (χ4v) is 3.58. The van der Waals surface area contributed by atoms with Gasteiger partial charge in [-0.2, -0.15) is 0 Å². The predicted molar refractivity (Wildman–Crippen MR) is 120 cm³/mol. The van der Waals surface area contributed by atoms with Gasteiger partial charge in [-0.3, -0.25) is 14.8 Å². The second kappa shape index (κ2) is 8.50. The van der Waals surface area contributed by atoms with Crippen molar-refractivity contribution >= 4 is 11.5 Å². The third-order valence-corrected chi connectivity index (χ3v) is 5.34. The molecule has 1 aromatic carbocycles. The van der Waals surface area contributed by atoms with Crippen molar-refractivity contribution in [2.24, 2.45) is 0 Å². The molecule has 3 aromatic heterocycles. The van der Waals surface area contributed by atoms with Crippen LogP contribution in [0.3, 0.4) is 0 Å². The molecule has 0 bridgehead atoms. The van der Waals surface area contributed by atoms with Gasteiger partial charge in [-0.1, -0.05) is 24.3 Å². The zero-order valence-electron chi connectivity index (χ0n) is 17.5. The van der Waals surface area contributed by atoms with E-state index in [0.717, 1.165) is 16.8 Å². The van der Waals surface area contributed by atoms with Crippen LogP contribution in [0.4, 0.5) is 0 Å². The van der Waals surface area contributed by atoms with Gasteiger partial charge in [0.15, 0.2) is 0 Å². The molecular formula is C24H22N6O2. The number of pyridine rings is 1. The van der Waals surface area contributed by atoms with Gasteiger partial charge in [0.2, 0.25) is 5.89 Å². The topological polar surface area (TPSA) is 97.9 Å². The van der Waals surface area contributed by atoms with Crippen LogP contribution in [0.15, 0.2) is 71.5 Å². The van der Waals surface area contributed by atoms with Gasteiger partial charge in [0.05, 0.1) is 23.1 Å². The van der Waals surface area contributed by atoms with Crippen molar-refractivity contribution < 1.29 is 10.6 Å². The Hall–Kier alpha value is -4.20. The van der Waals surface area contributed by atoms with Gasteiger partial charge in [0, 0.05) is 32.5 Å². The summed E-state index contributed by atoms with van der Waals surface area (Å²) in [6, 6.07) is 13.1. The number of carbonyl (C=O) groups is 1. The van der Waals surface area contributed by atoms with Gasteiger partial charge in [-0.15, -0.1) is 10.2 Å². The SMILES string of the molecule is Cc1ncc(C2=CCN(C(=O)c3cccnc3)CC2)nc1-c1nnc(-c2ccccc2)o1.[HH]. The molecule has 8 heteroatoms. The molecule has 0 fully saturated rings. The van der Waals surface area contributed by atoms with E-state index in [4.69, 9.17) is 9.40 Å². The van der Waals surface area contributed by atoms with Gasteiger partial charge >= 0.3 is 0 Å². The molecule has 0 radical (unpaired) electrons. The molecule has 8 nitrogen and oxygen atoms in total. The quantitative estimate of drug-likeness (QED) is 0.485. The Bertz CT molecular complexity index is 1290. The van der Waals surface area contributed by atoms with Crippen molar-refractivity contribution in [2.45, 2.75) is 13.3 Å². The van der Waals surface area contributed by atoms with Gasteiger partial charge in [-0.05, 0) is 43.2 Å². The summed E-state index contributed by atoms with van der Waals surface area (Å²) in [4.78, 5) is 27.7. The first-order valence-corrected chi connectivity index (χ1v) is 10.3. The molecule has 160 valence electrons. The van der Waals surface area contributed by atoms with E-state index in [1.54, 1.807) is 35.6 Å². The van der Waals surface area contributed by atoms with Crippen molar-refractivity contribution in [3.8, 4) is 23.0 Å². The second-order valence-corrected chi connectivity index (χ2v) is 7.44. The predicted octanol–water partition coefficient (Wildman–Crippen LogP) is 4.07. The lowest BCUT2D eigenvalue weighted by atomic mass is 10.0. The first-order valence-electron chi connectivity index (χ1n) is 10.3. The Morgan fingerprint density at radius 3 is 2.66 bits per heavy atom. The second-order valence-electron chi connectivity index (χ2n) is 7.44. The van der Waals surface area contributed by atoms with E-state index in [9.17, 15) is 4.79 Å². The van der Waals surface area contributed by atoms with Crippen LogP contribution in [0.5, 0.6) is 0 Å². The minimum atomic E-state index is -0.0246. The molecule has 0 saturated heterocycles. The largest absolute Gasteiger partial charge is 0.415 e. The highest BCUT2D eigenvalue weighted by atomic mass is 16.4. The number of hydrogen-bond donors (Lipinski definition) is 0. The van der Waals surface area contributed by atoms with Crippen LogP contribution in [0.1, 0.15) is 29.6 Å². The summed E-state index contributed by atoms with van der Waals surface area (Å²) in [5.74, 6) is 0.748. The average molecular weight is 426 g/mol. The number of aromatic nitrogens is 5. The average Bonchev–Trinajstić information content (AvgIpc) is 3.35. The summed E-state index contributed by atoms with van der Waals surface area (Å²) in [6.07, 6.45) is 7.70. The summed E-state index contributed by atoms with van der Waals surface area (Å²) in [7, 11) is 0. The summed E-state index contributed by atoms with van der Waals surface area (Å²) in [5.41, 5.74) is 4.50. The first-order chi connectivity index (χ1) is 15.7. The Kier molecular flexibility index (Phi) is 5.25. The third kappa shape index (κ3) is 3.90. The van der Waals surface area contributed by atoms with E-state index in [2.05, 4.69) is 20.2 Å². The number of carbonyl (C=O) groups excluding carboxylic acids is 1. The number of rotatable bonds is 4. The van der Waals surface area contributed by atoms with Crippen LogP contribution in [-0.2, 0) is 0 Å². The van der Waals surface area contributed by atoms with Gasteiger partial charge in [0.25, 0.3) is 11.8 Å². The standard InChI is InChI=1S/C24H20N6O2.H2/c1-16-21(23-29-28-22(32-23)18-6-3-2-4-7-18)27-20(15-26-16)17-9-12-30(13-10-17)24(31)19-8-5-11-25-14-19;/h2-9,11,14-15H,10,12-13H2,1H3;1H. The fraction of sp³-hybridized carbons (Fsp3) is 0.167. The zero-order valence-corrected chi connectivity index (χ0v) is 17.5. The van der Waals surface area contributed by atoms with E-state index in [-0.39, 0.29) is 7.33 Å². The Balaban J connectivity index is 0.00000259. The summed E-state index contributed by atoms with van der Waals surface area (Å²) in [6.45, 7) is 2.97. The maximum Gasteiger partial charge on any atom is 0.268 e. The monoisotopic (exact) mass is 426 g/mol. The lowest BCUT2D eigenvalue weighted by Crippen LogP contribution is -2.34. The van der Waals surface area contributed by atoms with E-state index in [1.807, 2.05) is 43.3 Å². The summed E-state index contributed by atoms with van der Waals surface area (Å²) < 4.78 is 5.87. The molecule has 0 spiro atoms. The van der Waals surface area contributed by atoms with Gasteiger partial charge in [0.1, 0.15) is 5.69 Å². The highest BCUT2D eigenvalue weighted by Crippen LogP contribution is 2.27. The number of hydrogen-bond acceptors (Lipinski definition) is 7. The maximum absolute atomic E-state index is 12.6. The van der Waals surface area contributed by atoms with Crippen LogP contribution in [-0.4, -0.2) is 49.0 Å². The van der Waals surface area contributed by atoms with Crippen molar-refractivity contribution in [1.29, 1.82) is 0 Å². The first kappa shape index (κ1) is 19.7.